The summed E-state index contributed by atoms with van der Waals surface area (Å²) in [6.45, 7) is 11.6. The third kappa shape index (κ3) is 6.75. The van der Waals surface area contributed by atoms with Crippen LogP contribution >= 0.6 is 0 Å². The molecule has 0 saturated heterocycles. The number of nitrogens with two attached hydrogens (primary N) is 1. The first kappa shape index (κ1) is 18.7. The fourth-order valence-corrected chi connectivity index (χ4v) is 1.68. The summed E-state index contributed by atoms with van der Waals surface area (Å²) in [7, 11) is 0. The summed E-state index contributed by atoms with van der Waals surface area (Å²) in [4.78, 5) is 23.9. The Morgan fingerprint density at radius 1 is 1.00 bits per heavy atom. The predicted molar refractivity (Wildman–Crippen MR) is 79.2 cm³/mol. The van der Waals surface area contributed by atoms with Crippen LogP contribution in [0, 0.1) is 11.8 Å². The molecule has 4 N–H and O–H groups in total. The highest BCUT2D eigenvalue weighted by Crippen LogP contribution is 2.06. The number of carbonyl (C=O) groups excluding carboxylic acids is 2. The average Bonchev–Trinajstić information content (AvgIpc) is 2.30. The fraction of sp³-hybridized carbons (Fsp3) is 0.857. The van der Waals surface area contributed by atoms with Crippen molar-refractivity contribution in [1.82, 2.24) is 10.6 Å². The molecule has 0 fully saturated rings. The van der Waals surface area contributed by atoms with Crippen LogP contribution in [0.2, 0.25) is 0 Å². The van der Waals surface area contributed by atoms with Gasteiger partial charge in [-0.15, -0.1) is 0 Å². The number of alkyl carbamates (subject to hydrolysis) is 1. The minimum Gasteiger partial charge on any atom is -0.447 e. The van der Waals surface area contributed by atoms with Gasteiger partial charge < -0.3 is 21.1 Å². The maximum Gasteiger partial charge on any atom is 0.408 e. The summed E-state index contributed by atoms with van der Waals surface area (Å²) in [6, 6.07) is -0.735. The average molecular weight is 287 g/mol. The van der Waals surface area contributed by atoms with E-state index in [-0.39, 0.29) is 29.9 Å². The summed E-state index contributed by atoms with van der Waals surface area (Å²) in [6.07, 6.45) is -0.805. The van der Waals surface area contributed by atoms with E-state index in [1.165, 1.54) is 0 Å². The lowest BCUT2D eigenvalue weighted by Crippen LogP contribution is -2.54. The lowest BCUT2D eigenvalue weighted by molar-refractivity contribution is -0.125. The maximum atomic E-state index is 12.2. The number of carbonyl (C=O) groups is 2. The number of hydrogen-bond donors (Lipinski definition) is 3. The molecule has 2 amide bonds. The second kappa shape index (κ2) is 8.79. The molecule has 6 heteroatoms. The normalized spacial score (nSPS) is 14.3. The van der Waals surface area contributed by atoms with E-state index in [1.807, 2.05) is 27.7 Å². The molecule has 0 aromatic rings. The van der Waals surface area contributed by atoms with E-state index in [0.29, 0.717) is 6.54 Å². The fourth-order valence-electron chi connectivity index (χ4n) is 1.68. The van der Waals surface area contributed by atoms with Crippen molar-refractivity contribution in [1.29, 1.82) is 0 Å². The Balaban J connectivity index is 4.66. The topological polar surface area (TPSA) is 93.4 Å². The number of ether oxygens (including phenoxy) is 1. The zero-order valence-corrected chi connectivity index (χ0v) is 13.4. The van der Waals surface area contributed by atoms with Crippen molar-refractivity contribution in [3.05, 3.63) is 0 Å². The third-order valence-corrected chi connectivity index (χ3v) is 2.95. The zero-order chi connectivity index (χ0) is 15.9. The van der Waals surface area contributed by atoms with Crippen LogP contribution in [-0.2, 0) is 9.53 Å². The molecular weight excluding hydrogens is 258 g/mol. The molecule has 0 aromatic carbocycles. The van der Waals surface area contributed by atoms with Crippen molar-refractivity contribution in [3.8, 4) is 0 Å². The lowest BCUT2D eigenvalue weighted by Gasteiger charge is -2.26. The van der Waals surface area contributed by atoms with Crippen LogP contribution < -0.4 is 16.4 Å². The molecule has 20 heavy (non-hydrogen) atoms. The molecule has 0 aliphatic rings. The molecule has 6 nitrogen and oxygen atoms in total. The smallest absolute Gasteiger partial charge is 0.408 e. The van der Waals surface area contributed by atoms with Gasteiger partial charge >= 0.3 is 6.09 Å². The number of rotatable bonds is 7. The molecule has 1 unspecified atom stereocenters. The Kier molecular flexibility index (Phi) is 8.22. The standard InChI is InChI=1S/C14H29N3O3/c1-8(2)11(7-15)16-13(18)12(9(3)4)17-14(19)20-10(5)6/h8-12H,7,15H2,1-6H3,(H,16,18)(H,17,19)/t11-,12?/m1/s1. The van der Waals surface area contributed by atoms with Crippen LogP contribution in [0.4, 0.5) is 4.79 Å². The Hall–Kier alpha value is -1.30. The maximum absolute atomic E-state index is 12.2. The van der Waals surface area contributed by atoms with Gasteiger partial charge in [-0.25, -0.2) is 4.79 Å². The molecule has 0 heterocycles. The first-order valence-electron chi connectivity index (χ1n) is 7.16. The van der Waals surface area contributed by atoms with Crippen LogP contribution in [0.5, 0.6) is 0 Å². The number of nitrogens with one attached hydrogen (secondary N) is 2. The summed E-state index contributed by atoms with van der Waals surface area (Å²) in [5, 5.41) is 5.47. The van der Waals surface area contributed by atoms with Gasteiger partial charge in [-0.1, -0.05) is 27.7 Å². The van der Waals surface area contributed by atoms with Crippen molar-refractivity contribution < 1.29 is 14.3 Å². The van der Waals surface area contributed by atoms with Gasteiger partial charge in [0, 0.05) is 12.6 Å². The van der Waals surface area contributed by atoms with Gasteiger partial charge in [-0.2, -0.15) is 0 Å². The van der Waals surface area contributed by atoms with E-state index in [9.17, 15) is 9.59 Å². The van der Waals surface area contributed by atoms with E-state index in [4.69, 9.17) is 10.5 Å². The summed E-state index contributed by atoms with van der Waals surface area (Å²) >= 11 is 0. The van der Waals surface area contributed by atoms with Crippen molar-refractivity contribution in [2.24, 2.45) is 17.6 Å². The van der Waals surface area contributed by atoms with E-state index < -0.39 is 12.1 Å². The molecule has 2 atom stereocenters. The Labute approximate surface area is 121 Å². The lowest BCUT2D eigenvalue weighted by atomic mass is 10.0. The van der Waals surface area contributed by atoms with Crippen molar-refractivity contribution >= 4 is 12.0 Å². The Bertz CT molecular complexity index is 317. The van der Waals surface area contributed by atoms with Crippen molar-refractivity contribution in [2.75, 3.05) is 6.54 Å². The third-order valence-electron chi connectivity index (χ3n) is 2.95. The van der Waals surface area contributed by atoms with E-state index in [0.717, 1.165) is 0 Å². The molecule has 118 valence electrons. The molecule has 0 aliphatic heterocycles. The highest BCUT2D eigenvalue weighted by molar-refractivity contribution is 5.86. The summed E-state index contributed by atoms with van der Waals surface area (Å²) in [5.41, 5.74) is 5.64. The van der Waals surface area contributed by atoms with Crippen LogP contribution in [0.25, 0.3) is 0 Å². The quantitative estimate of drug-likeness (QED) is 0.657. The number of amides is 2. The summed E-state index contributed by atoms with van der Waals surface area (Å²) < 4.78 is 5.01. The first-order valence-corrected chi connectivity index (χ1v) is 7.16. The van der Waals surface area contributed by atoms with Crippen LogP contribution in [0.1, 0.15) is 41.5 Å². The molecule has 0 rings (SSSR count). The van der Waals surface area contributed by atoms with Crippen LogP contribution in [0.15, 0.2) is 0 Å². The van der Waals surface area contributed by atoms with E-state index >= 15 is 0 Å². The highest BCUT2D eigenvalue weighted by atomic mass is 16.6. The molecular formula is C14H29N3O3. The van der Waals surface area contributed by atoms with E-state index in [2.05, 4.69) is 10.6 Å². The SMILES string of the molecule is CC(C)OC(=O)NC(C(=O)N[C@H](CN)C(C)C)C(C)C. The predicted octanol–water partition coefficient (Wildman–Crippen LogP) is 1.25. The Morgan fingerprint density at radius 2 is 1.55 bits per heavy atom. The second-order valence-electron chi connectivity index (χ2n) is 5.91. The molecule has 0 aliphatic carbocycles. The molecule has 0 bridgehead atoms. The largest absolute Gasteiger partial charge is 0.447 e. The minimum atomic E-state index is -0.631. The number of hydrogen-bond acceptors (Lipinski definition) is 4. The van der Waals surface area contributed by atoms with E-state index in [1.54, 1.807) is 13.8 Å². The molecule has 0 radical (unpaired) electrons. The van der Waals surface area contributed by atoms with Crippen molar-refractivity contribution in [2.45, 2.75) is 59.7 Å². The van der Waals surface area contributed by atoms with Gasteiger partial charge in [0.1, 0.15) is 6.04 Å². The summed E-state index contributed by atoms with van der Waals surface area (Å²) in [5.74, 6) is -0.0375. The first-order chi connectivity index (χ1) is 9.18. The highest BCUT2D eigenvalue weighted by Gasteiger charge is 2.27. The van der Waals surface area contributed by atoms with Gasteiger partial charge in [0.2, 0.25) is 5.91 Å². The van der Waals surface area contributed by atoms with Crippen LogP contribution in [0.3, 0.4) is 0 Å². The van der Waals surface area contributed by atoms with Crippen LogP contribution in [-0.4, -0.2) is 36.7 Å². The van der Waals surface area contributed by atoms with Gasteiger partial charge in [-0.05, 0) is 25.7 Å². The molecule has 0 spiro atoms. The van der Waals surface area contributed by atoms with Gasteiger partial charge in [0.05, 0.1) is 6.10 Å². The minimum absolute atomic E-state index is 0.0414. The second-order valence-corrected chi connectivity index (χ2v) is 5.91. The van der Waals surface area contributed by atoms with Gasteiger partial charge in [0.15, 0.2) is 0 Å². The van der Waals surface area contributed by atoms with Gasteiger partial charge in [-0.3, -0.25) is 4.79 Å². The van der Waals surface area contributed by atoms with Gasteiger partial charge in [0.25, 0.3) is 0 Å². The monoisotopic (exact) mass is 287 g/mol. The zero-order valence-electron chi connectivity index (χ0n) is 13.4. The molecule has 0 aromatic heterocycles. The molecule has 0 saturated carbocycles. The Morgan fingerprint density at radius 3 is 1.90 bits per heavy atom. The van der Waals surface area contributed by atoms with Crippen molar-refractivity contribution in [3.63, 3.8) is 0 Å².